The van der Waals surface area contributed by atoms with Crippen molar-refractivity contribution in [2.45, 2.75) is 5.01 Å². The van der Waals surface area contributed by atoms with E-state index in [0.717, 1.165) is 11.3 Å². The fraction of sp³-hybridized carbons (Fsp3) is 0.250. The molecule has 60 valence electrons. The van der Waals surface area contributed by atoms with Gasteiger partial charge in [0, 0.05) is 0 Å². The number of rotatable bonds is 2. The summed E-state index contributed by atoms with van der Waals surface area (Å²) < 4.78 is 4.97. The van der Waals surface area contributed by atoms with Gasteiger partial charge in [-0.2, -0.15) is 0 Å². The minimum absolute atomic E-state index is 0.613. The van der Waals surface area contributed by atoms with Crippen LogP contribution in [0.3, 0.4) is 0 Å². The summed E-state index contributed by atoms with van der Waals surface area (Å²) in [6.45, 7) is 0. The van der Waals surface area contributed by atoms with Gasteiger partial charge in [-0.05, 0) is 17.7 Å². The van der Waals surface area contributed by atoms with E-state index >= 15 is 0 Å². The van der Waals surface area contributed by atoms with Gasteiger partial charge in [0.25, 0.3) is 0 Å². The van der Waals surface area contributed by atoms with Gasteiger partial charge in [0.15, 0.2) is 0 Å². The van der Waals surface area contributed by atoms with E-state index in [0.29, 0.717) is 0 Å². The van der Waals surface area contributed by atoms with Crippen molar-refractivity contribution in [3.8, 4) is 5.75 Å². The van der Waals surface area contributed by atoms with Crippen molar-refractivity contribution in [3.05, 3.63) is 29.8 Å². The number of halogens is 1. The Bertz CT molecular complexity index is 235. The number of aliphatic hydroxyl groups is 1. The number of methoxy groups -OCH3 is 1. The lowest BCUT2D eigenvalue weighted by Gasteiger charge is -2.04. The Hall–Kier alpha value is -0.540. The van der Waals surface area contributed by atoms with Gasteiger partial charge < -0.3 is 9.84 Å². The van der Waals surface area contributed by atoms with Crippen molar-refractivity contribution in [3.63, 3.8) is 0 Å². The highest BCUT2D eigenvalue weighted by Crippen LogP contribution is 2.22. The number of benzene rings is 1. The van der Waals surface area contributed by atoms with E-state index < -0.39 is 5.01 Å². The van der Waals surface area contributed by atoms with Crippen LogP contribution in [-0.2, 0) is 0 Å². The molecule has 0 bridgehead atoms. The van der Waals surface area contributed by atoms with Gasteiger partial charge in [-0.3, -0.25) is 0 Å². The highest BCUT2D eigenvalue weighted by molar-refractivity contribution is 9.09. The van der Waals surface area contributed by atoms with Crippen molar-refractivity contribution < 1.29 is 9.84 Å². The summed E-state index contributed by atoms with van der Waals surface area (Å²) in [4.78, 5) is 0. The standard InChI is InChI=1S/C8H9BrO2/c1-11-7-4-2-3-6(5-7)8(9)10/h2-5,8,10H,1H3. The van der Waals surface area contributed by atoms with Crippen molar-refractivity contribution in [1.29, 1.82) is 0 Å². The van der Waals surface area contributed by atoms with Crippen LogP contribution in [0.25, 0.3) is 0 Å². The summed E-state index contributed by atoms with van der Waals surface area (Å²) in [7, 11) is 1.60. The molecule has 1 rings (SSSR count). The first-order valence-electron chi connectivity index (χ1n) is 3.20. The molecular weight excluding hydrogens is 208 g/mol. The second-order valence-corrected chi connectivity index (χ2v) is 2.98. The number of hydrogen-bond donors (Lipinski definition) is 1. The van der Waals surface area contributed by atoms with Crippen LogP contribution in [0, 0.1) is 0 Å². The Labute approximate surface area is 73.9 Å². The third-order valence-corrected chi connectivity index (χ3v) is 1.90. The summed E-state index contributed by atoms with van der Waals surface area (Å²) >= 11 is 3.05. The summed E-state index contributed by atoms with van der Waals surface area (Å²) in [5.41, 5.74) is 0.796. The summed E-state index contributed by atoms with van der Waals surface area (Å²) in [6, 6.07) is 7.26. The lowest BCUT2D eigenvalue weighted by molar-refractivity contribution is 0.276. The lowest BCUT2D eigenvalue weighted by Crippen LogP contribution is -1.88. The first-order valence-corrected chi connectivity index (χ1v) is 4.11. The normalized spacial score (nSPS) is 12.6. The number of alkyl halides is 1. The van der Waals surface area contributed by atoms with E-state index in [1.807, 2.05) is 18.2 Å². The molecule has 0 aliphatic carbocycles. The van der Waals surface area contributed by atoms with Crippen LogP contribution in [0.15, 0.2) is 24.3 Å². The lowest BCUT2D eigenvalue weighted by atomic mass is 10.2. The Morgan fingerprint density at radius 3 is 2.82 bits per heavy atom. The third kappa shape index (κ3) is 2.20. The van der Waals surface area contributed by atoms with Crippen LogP contribution in [0.5, 0.6) is 5.75 Å². The van der Waals surface area contributed by atoms with Crippen LogP contribution in [0.2, 0.25) is 0 Å². The van der Waals surface area contributed by atoms with Crippen molar-refractivity contribution in [2.24, 2.45) is 0 Å². The van der Waals surface area contributed by atoms with Gasteiger partial charge in [0.1, 0.15) is 10.8 Å². The van der Waals surface area contributed by atoms with Gasteiger partial charge in [0.2, 0.25) is 0 Å². The highest BCUT2D eigenvalue weighted by Gasteiger charge is 2.01. The van der Waals surface area contributed by atoms with E-state index in [1.165, 1.54) is 0 Å². The largest absolute Gasteiger partial charge is 0.497 e. The fourth-order valence-corrected chi connectivity index (χ4v) is 1.07. The Kier molecular flexibility index (Phi) is 2.91. The average Bonchev–Trinajstić information content (AvgIpc) is 2.05. The molecular formula is C8H9BrO2. The molecule has 1 N–H and O–H groups in total. The molecule has 2 nitrogen and oxygen atoms in total. The molecule has 1 atom stereocenters. The summed E-state index contributed by atoms with van der Waals surface area (Å²) in [5.74, 6) is 0.751. The van der Waals surface area contributed by atoms with Crippen LogP contribution in [-0.4, -0.2) is 12.2 Å². The molecule has 0 saturated heterocycles. The minimum Gasteiger partial charge on any atom is -0.497 e. The second-order valence-electron chi connectivity index (χ2n) is 2.11. The first-order chi connectivity index (χ1) is 5.24. The summed E-state index contributed by atoms with van der Waals surface area (Å²) in [6.07, 6.45) is 0. The summed E-state index contributed by atoms with van der Waals surface area (Å²) in [5, 5.41) is 8.49. The quantitative estimate of drug-likeness (QED) is 0.768. The van der Waals surface area contributed by atoms with Gasteiger partial charge in [-0.1, -0.05) is 28.1 Å². The van der Waals surface area contributed by atoms with E-state index in [4.69, 9.17) is 9.84 Å². The molecule has 1 aromatic carbocycles. The first kappa shape index (κ1) is 8.56. The topological polar surface area (TPSA) is 29.5 Å². The Balaban J connectivity index is 2.91. The van der Waals surface area contributed by atoms with Crippen molar-refractivity contribution in [2.75, 3.05) is 7.11 Å². The zero-order valence-electron chi connectivity index (χ0n) is 6.12. The van der Waals surface area contributed by atoms with E-state index in [-0.39, 0.29) is 0 Å². The van der Waals surface area contributed by atoms with E-state index in [9.17, 15) is 0 Å². The molecule has 0 spiro atoms. The maximum atomic E-state index is 9.10. The smallest absolute Gasteiger partial charge is 0.134 e. The third-order valence-electron chi connectivity index (χ3n) is 1.37. The SMILES string of the molecule is COc1cccc(C(O)Br)c1. The maximum Gasteiger partial charge on any atom is 0.134 e. The molecule has 0 amide bonds. The van der Waals surface area contributed by atoms with Crippen molar-refractivity contribution in [1.82, 2.24) is 0 Å². The molecule has 0 heterocycles. The Morgan fingerprint density at radius 1 is 1.55 bits per heavy atom. The molecule has 0 fully saturated rings. The zero-order valence-corrected chi connectivity index (χ0v) is 7.71. The fourth-order valence-electron chi connectivity index (χ4n) is 0.790. The molecule has 11 heavy (non-hydrogen) atoms. The highest BCUT2D eigenvalue weighted by atomic mass is 79.9. The number of hydrogen-bond acceptors (Lipinski definition) is 2. The van der Waals surface area contributed by atoms with E-state index in [1.54, 1.807) is 13.2 Å². The van der Waals surface area contributed by atoms with Gasteiger partial charge in [-0.25, -0.2) is 0 Å². The molecule has 3 heteroatoms. The van der Waals surface area contributed by atoms with Crippen molar-refractivity contribution >= 4 is 15.9 Å². The maximum absolute atomic E-state index is 9.10. The predicted molar refractivity (Wildman–Crippen MR) is 46.9 cm³/mol. The molecule has 0 aliphatic rings. The van der Waals surface area contributed by atoms with Crippen LogP contribution >= 0.6 is 15.9 Å². The van der Waals surface area contributed by atoms with Gasteiger partial charge in [0.05, 0.1) is 7.11 Å². The molecule has 0 radical (unpaired) electrons. The molecule has 0 aromatic heterocycles. The minimum atomic E-state index is -0.613. The van der Waals surface area contributed by atoms with Gasteiger partial charge >= 0.3 is 0 Å². The second kappa shape index (κ2) is 3.74. The molecule has 0 saturated carbocycles. The molecule has 1 unspecified atom stereocenters. The molecule has 0 aliphatic heterocycles. The predicted octanol–water partition coefficient (Wildman–Crippen LogP) is 2.08. The van der Waals surface area contributed by atoms with Crippen LogP contribution in [0.1, 0.15) is 10.6 Å². The average molecular weight is 217 g/mol. The number of ether oxygens (including phenoxy) is 1. The zero-order chi connectivity index (χ0) is 8.27. The monoisotopic (exact) mass is 216 g/mol. The molecule has 1 aromatic rings. The van der Waals surface area contributed by atoms with E-state index in [2.05, 4.69) is 15.9 Å². The Morgan fingerprint density at radius 2 is 2.27 bits per heavy atom. The van der Waals surface area contributed by atoms with Crippen LogP contribution < -0.4 is 4.74 Å². The van der Waals surface area contributed by atoms with Gasteiger partial charge in [-0.15, -0.1) is 0 Å². The number of aliphatic hydroxyl groups excluding tert-OH is 1. The van der Waals surface area contributed by atoms with Crippen LogP contribution in [0.4, 0.5) is 0 Å².